The Hall–Kier alpha value is -3.15. The van der Waals surface area contributed by atoms with Crippen LogP contribution in [0, 0.1) is 6.92 Å². The first kappa shape index (κ1) is 23.0. The van der Waals surface area contributed by atoms with Crippen molar-refractivity contribution in [1.29, 1.82) is 0 Å². The smallest absolute Gasteiger partial charge is 0.252 e. The third-order valence-corrected chi connectivity index (χ3v) is 6.51. The van der Waals surface area contributed by atoms with Gasteiger partial charge in [-0.2, -0.15) is 0 Å². The normalized spacial score (nSPS) is 15.3. The highest BCUT2D eigenvalue weighted by molar-refractivity contribution is 5.96. The number of piperazine rings is 1. The van der Waals surface area contributed by atoms with Crippen molar-refractivity contribution < 1.29 is 9.90 Å². The Kier molecular flexibility index (Phi) is 7.11. The van der Waals surface area contributed by atoms with Gasteiger partial charge in [-0.1, -0.05) is 42.5 Å². The lowest BCUT2D eigenvalue weighted by atomic mass is 9.98. The molecule has 2 N–H and O–H groups in total. The molecule has 4 rings (SSSR count). The second-order valence-corrected chi connectivity index (χ2v) is 8.97. The number of aliphatic hydroxyl groups is 1. The van der Waals surface area contributed by atoms with Gasteiger partial charge in [-0.3, -0.25) is 4.79 Å². The van der Waals surface area contributed by atoms with E-state index in [0.717, 1.165) is 65.2 Å². The van der Waals surface area contributed by atoms with Crippen LogP contribution in [0.25, 0.3) is 11.1 Å². The van der Waals surface area contributed by atoms with Crippen LogP contribution in [0.15, 0.2) is 66.7 Å². The van der Waals surface area contributed by atoms with Gasteiger partial charge in [-0.15, -0.1) is 0 Å². The van der Waals surface area contributed by atoms with Crippen LogP contribution in [0.5, 0.6) is 0 Å². The maximum atomic E-state index is 13.2. The number of amides is 1. The molecule has 1 aliphatic rings. The number of hydrogen-bond donors (Lipinski definition) is 2. The Bertz CT molecular complexity index is 1120. The second-order valence-electron chi connectivity index (χ2n) is 8.97. The number of likely N-dealkylation sites (N-methyl/N-ethyl adjacent to an activating group) is 1. The molecular formula is C28H33N3O2. The maximum Gasteiger partial charge on any atom is 0.252 e. The van der Waals surface area contributed by atoms with Crippen LogP contribution in [0.4, 0.5) is 5.69 Å². The number of nitrogens with one attached hydrogen (secondary N) is 1. The van der Waals surface area contributed by atoms with E-state index in [1.54, 1.807) is 0 Å². The van der Waals surface area contributed by atoms with E-state index >= 15 is 0 Å². The number of nitrogens with zero attached hydrogens (tertiary/aromatic N) is 2. The largest absolute Gasteiger partial charge is 0.392 e. The molecule has 0 radical (unpaired) electrons. The predicted molar refractivity (Wildman–Crippen MR) is 135 cm³/mol. The zero-order valence-corrected chi connectivity index (χ0v) is 19.7. The number of carbonyl (C=O) groups excluding carboxylic acids is 1. The van der Waals surface area contributed by atoms with Gasteiger partial charge in [0.2, 0.25) is 0 Å². The molecule has 1 fully saturated rings. The molecule has 33 heavy (non-hydrogen) atoms. The molecule has 3 aromatic carbocycles. The monoisotopic (exact) mass is 443 g/mol. The average Bonchev–Trinajstić information content (AvgIpc) is 2.85. The Labute approximate surface area is 196 Å². The Balaban J connectivity index is 1.50. The van der Waals surface area contributed by atoms with Crippen molar-refractivity contribution in [2.75, 3.05) is 38.1 Å². The SMILES string of the molecule is Cc1ccc(N2CCN(C)CC2)cc1C(=O)N[C@H](C)c1cccc(-c2cccc(CO)c2)c1. The molecule has 5 nitrogen and oxygen atoms in total. The summed E-state index contributed by atoms with van der Waals surface area (Å²) in [5.41, 5.74) is 6.86. The molecule has 1 atom stereocenters. The van der Waals surface area contributed by atoms with Gasteiger partial charge < -0.3 is 20.2 Å². The summed E-state index contributed by atoms with van der Waals surface area (Å²) in [4.78, 5) is 17.9. The van der Waals surface area contributed by atoms with Crippen molar-refractivity contribution in [3.8, 4) is 11.1 Å². The summed E-state index contributed by atoms with van der Waals surface area (Å²) in [6.07, 6.45) is 0. The minimum atomic E-state index is -0.134. The van der Waals surface area contributed by atoms with Crippen molar-refractivity contribution in [2.45, 2.75) is 26.5 Å². The van der Waals surface area contributed by atoms with Gasteiger partial charge in [0.15, 0.2) is 0 Å². The van der Waals surface area contributed by atoms with Crippen molar-refractivity contribution in [3.05, 3.63) is 89.0 Å². The highest BCUT2D eigenvalue weighted by Crippen LogP contribution is 2.25. The Morgan fingerprint density at radius 3 is 2.39 bits per heavy atom. The lowest BCUT2D eigenvalue weighted by Crippen LogP contribution is -2.44. The third-order valence-electron chi connectivity index (χ3n) is 6.51. The molecule has 3 aromatic rings. The van der Waals surface area contributed by atoms with Crippen LogP contribution in [0.3, 0.4) is 0 Å². The zero-order valence-electron chi connectivity index (χ0n) is 19.7. The van der Waals surface area contributed by atoms with Crippen molar-refractivity contribution >= 4 is 11.6 Å². The van der Waals surface area contributed by atoms with Crippen molar-refractivity contribution in [2.24, 2.45) is 0 Å². The number of benzene rings is 3. The molecule has 0 bridgehead atoms. The van der Waals surface area contributed by atoms with Gasteiger partial charge in [-0.25, -0.2) is 0 Å². The van der Waals surface area contributed by atoms with Crippen LogP contribution in [-0.4, -0.2) is 49.1 Å². The fourth-order valence-corrected chi connectivity index (χ4v) is 4.31. The summed E-state index contributed by atoms with van der Waals surface area (Å²) in [5.74, 6) is -0.0522. The molecule has 0 saturated carbocycles. The fourth-order valence-electron chi connectivity index (χ4n) is 4.31. The first-order valence-corrected chi connectivity index (χ1v) is 11.6. The van der Waals surface area contributed by atoms with E-state index in [9.17, 15) is 9.90 Å². The van der Waals surface area contributed by atoms with E-state index in [4.69, 9.17) is 0 Å². The minimum absolute atomic E-state index is 0.0204. The van der Waals surface area contributed by atoms with E-state index < -0.39 is 0 Å². The summed E-state index contributed by atoms with van der Waals surface area (Å²) >= 11 is 0. The van der Waals surface area contributed by atoms with E-state index in [-0.39, 0.29) is 18.6 Å². The maximum absolute atomic E-state index is 13.2. The highest BCUT2D eigenvalue weighted by atomic mass is 16.3. The number of carbonyl (C=O) groups is 1. The highest BCUT2D eigenvalue weighted by Gasteiger charge is 2.18. The van der Waals surface area contributed by atoms with Crippen molar-refractivity contribution in [3.63, 3.8) is 0 Å². The van der Waals surface area contributed by atoms with Crippen LogP contribution in [0.1, 0.15) is 40.0 Å². The van der Waals surface area contributed by atoms with E-state index in [1.165, 1.54) is 0 Å². The summed E-state index contributed by atoms with van der Waals surface area (Å²) in [6.45, 7) is 8.03. The standard InChI is InChI=1S/C28H33N3O2/c1-20-10-11-26(31-14-12-30(3)13-15-31)18-27(20)28(33)29-21(2)23-7-5-9-25(17-23)24-8-4-6-22(16-24)19-32/h4-11,16-18,21,32H,12-15,19H2,1-3H3,(H,29,33)/t21-/m1/s1. The predicted octanol–water partition coefficient (Wildman–Crippen LogP) is 4.40. The molecule has 172 valence electrons. The van der Waals surface area contributed by atoms with Gasteiger partial charge >= 0.3 is 0 Å². The lowest BCUT2D eigenvalue weighted by Gasteiger charge is -2.34. The molecule has 0 unspecified atom stereocenters. The molecule has 1 saturated heterocycles. The first-order chi connectivity index (χ1) is 15.9. The van der Waals surface area contributed by atoms with Gasteiger partial charge in [-0.05, 0) is 73.0 Å². The van der Waals surface area contributed by atoms with Gasteiger partial charge in [0.25, 0.3) is 5.91 Å². The topological polar surface area (TPSA) is 55.8 Å². The van der Waals surface area contributed by atoms with Gasteiger partial charge in [0, 0.05) is 37.4 Å². The van der Waals surface area contributed by atoms with Gasteiger partial charge in [0.1, 0.15) is 0 Å². The lowest BCUT2D eigenvalue weighted by molar-refractivity contribution is 0.0939. The molecule has 1 aliphatic heterocycles. The average molecular weight is 444 g/mol. The number of anilines is 1. The number of hydrogen-bond acceptors (Lipinski definition) is 4. The molecule has 0 aliphatic carbocycles. The number of aliphatic hydroxyl groups excluding tert-OH is 1. The molecule has 1 heterocycles. The second kappa shape index (κ2) is 10.2. The summed E-state index contributed by atoms with van der Waals surface area (Å²) in [7, 11) is 2.14. The molecular weight excluding hydrogens is 410 g/mol. The molecule has 0 spiro atoms. The molecule has 0 aromatic heterocycles. The zero-order chi connectivity index (χ0) is 23.4. The van der Waals surface area contributed by atoms with E-state index in [1.807, 2.05) is 62.4 Å². The van der Waals surface area contributed by atoms with Gasteiger partial charge in [0.05, 0.1) is 12.6 Å². The van der Waals surface area contributed by atoms with E-state index in [2.05, 4.69) is 40.4 Å². The third kappa shape index (κ3) is 5.44. The van der Waals surface area contributed by atoms with Crippen LogP contribution in [0.2, 0.25) is 0 Å². The summed E-state index contributed by atoms with van der Waals surface area (Å²) in [6, 6.07) is 22.2. The van der Waals surface area contributed by atoms with Crippen LogP contribution in [-0.2, 0) is 6.61 Å². The Morgan fingerprint density at radius 2 is 1.67 bits per heavy atom. The summed E-state index contributed by atoms with van der Waals surface area (Å²) < 4.78 is 0. The fraction of sp³-hybridized carbons (Fsp3) is 0.321. The van der Waals surface area contributed by atoms with Crippen LogP contribution < -0.4 is 10.2 Å². The quantitative estimate of drug-likeness (QED) is 0.593. The molecule has 1 amide bonds. The number of aryl methyl sites for hydroxylation is 1. The summed E-state index contributed by atoms with van der Waals surface area (Å²) in [5, 5.41) is 12.6. The minimum Gasteiger partial charge on any atom is -0.392 e. The van der Waals surface area contributed by atoms with Crippen LogP contribution >= 0.6 is 0 Å². The number of rotatable bonds is 6. The molecule has 5 heteroatoms. The van der Waals surface area contributed by atoms with E-state index in [0.29, 0.717) is 0 Å². The Morgan fingerprint density at radius 1 is 0.970 bits per heavy atom. The first-order valence-electron chi connectivity index (χ1n) is 11.6. The van der Waals surface area contributed by atoms with Crippen molar-refractivity contribution in [1.82, 2.24) is 10.2 Å².